The highest BCUT2D eigenvalue weighted by molar-refractivity contribution is 5.41. The van der Waals surface area contributed by atoms with Crippen LogP contribution in [0.5, 0.6) is 5.75 Å². The molecule has 1 aliphatic heterocycles. The topological polar surface area (TPSA) is 38.5 Å². The summed E-state index contributed by atoms with van der Waals surface area (Å²) in [5.41, 5.74) is 8.56. The number of nitrogens with zero attached hydrogens (tertiary/aromatic N) is 1. The van der Waals surface area contributed by atoms with E-state index in [4.69, 9.17) is 10.5 Å². The van der Waals surface area contributed by atoms with Gasteiger partial charge in [-0.05, 0) is 43.5 Å². The van der Waals surface area contributed by atoms with Gasteiger partial charge in [0.2, 0.25) is 0 Å². The van der Waals surface area contributed by atoms with Crippen molar-refractivity contribution in [1.82, 2.24) is 4.90 Å². The molecule has 1 aliphatic rings. The first-order valence-corrected chi connectivity index (χ1v) is 7.29. The fraction of sp³-hybridized carbons (Fsp3) is 0.625. The third-order valence-electron chi connectivity index (χ3n) is 4.09. The lowest BCUT2D eigenvalue weighted by molar-refractivity contribution is 0.245. The molecule has 1 unspecified atom stereocenters. The maximum Gasteiger partial charge on any atom is 0.123 e. The first kappa shape index (κ1) is 14.4. The van der Waals surface area contributed by atoms with Crippen LogP contribution in [0.3, 0.4) is 0 Å². The second kappa shape index (κ2) is 6.40. The number of ether oxygens (including phenoxy) is 1. The van der Waals surface area contributed by atoms with Crippen LogP contribution < -0.4 is 10.5 Å². The van der Waals surface area contributed by atoms with Crippen LogP contribution in [0.15, 0.2) is 18.2 Å². The van der Waals surface area contributed by atoms with Gasteiger partial charge in [0.15, 0.2) is 0 Å². The molecule has 19 heavy (non-hydrogen) atoms. The maximum absolute atomic E-state index is 6.01. The van der Waals surface area contributed by atoms with Crippen molar-refractivity contribution in [2.24, 2.45) is 5.73 Å². The minimum atomic E-state index is 0.290. The molecule has 1 atom stereocenters. The zero-order chi connectivity index (χ0) is 13.8. The van der Waals surface area contributed by atoms with Crippen LogP contribution >= 0.6 is 0 Å². The summed E-state index contributed by atoms with van der Waals surface area (Å²) in [6.45, 7) is 7.36. The van der Waals surface area contributed by atoms with Crippen molar-refractivity contribution in [2.75, 3.05) is 26.7 Å². The van der Waals surface area contributed by atoms with Crippen LogP contribution in [0.25, 0.3) is 0 Å². The molecule has 0 aliphatic carbocycles. The summed E-state index contributed by atoms with van der Waals surface area (Å²) in [5.74, 6) is 1.50. The Bertz CT molecular complexity index is 411. The molecule has 3 nitrogen and oxygen atoms in total. The van der Waals surface area contributed by atoms with E-state index in [0.717, 1.165) is 18.8 Å². The first-order chi connectivity index (χ1) is 9.17. The molecule has 1 saturated heterocycles. The normalized spacial score (nSPS) is 17.9. The Kier molecular flexibility index (Phi) is 4.83. The van der Waals surface area contributed by atoms with Crippen molar-refractivity contribution in [1.29, 1.82) is 0 Å². The molecule has 3 heteroatoms. The third-order valence-corrected chi connectivity index (χ3v) is 4.09. The van der Waals surface area contributed by atoms with E-state index in [0.29, 0.717) is 18.5 Å². The summed E-state index contributed by atoms with van der Waals surface area (Å²) in [5, 5.41) is 0. The lowest BCUT2D eigenvalue weighted by Gasteiger charge is -2.28. The molecule has 1 fully saturated rings. The monoisotopic (exact) mass is 262 g/mol. The largest absolute Gasteiger partial charge is 0.496 e. The molecular weight excluding hydrogens is 236 g/mol. The van der Waals surface area contributed by atoms with Crippen LogP contribution in [0.1, 0.15) is 49.8 Å². The Hall–Kier alpha value is -1.06. The zero-order valence-electron chi connectivity index (χ0n) is 12.4. The Morgan fingerprint density at radius 3 is 2.47 bits per heavy atom. The van der Waals surface area contributed by atoms with Gasteiger partial charge in [0.1, 0.15) is 5.75 Å². The molecule has 0 radical (unpaired) electrons. The number of hydrogen-bond donors (Lipinski definition) is 1. The predicted molar refractivity (Wildman–Crippen MR) is 79.7 cm³/mol. The lowest BCUT2D eigenvalue weighted by atomic mass is 9.97. The molecule has 106 valence electrons. The molecule has 0 aromatic heterocycles. The van der Waals surface area contributed by atoms with Crippen LogP contribution in [0.4, 0.5) is 0 Å². The molecule has 2 N–H and O–H groups in total. The molecule has 0 saturated carbocycles. The van der Waals surface area contributed by atoms with E-state index in [1.54, 1.807) is 7.11 Å². The number of rotatable bonds is 5. The van der Waals surface area contributed by atoms with Crippen molar-refractivity contribution < 1.29 is 4.74 Å². The van der Waals surface area contributed by atoms with Gasteiger partial charge in [-0.2, -0.15) is 0 Å². The van der Waals surface area contributed by atoms with Crippen molar-refractivity contribution in [3.8, 4) is 5.75 Å². The highest BCUT2D eigenvalue weighted by Crippen LogP contribution is 2.33. The van der Waals surface area contributed by atoms with Crippen molar-refractivity contribution in [3.63, 3.8) is 0 Å². The summed E-state index contributed by atoms with van der Waals surface area (Å²) in [4.78, 5) is 2.48. The van der Waals surface area contributed by atoms with Crippen LogP contribution in [-0.4, -0.2) is 31.6 Å². The predicted octanol–water partition coefficient (Wildman–Crippen LogP) is 2.91. The van der Waals surface area contributed by atoms with Gasteiger partial charge < -0.3 is 10.5 Å². The molecule has 0 bridgehead atoms. The third kappa shape index (κ3) is 3.10. The fourth-order valence-electron chi connectivity index (χ4n) is 2.89. The van der Waals surface area contributed by atoms with Gasteiger partial charge in [-0.15, -0.1) is 0 Å². The number of likely N-dealkylation sites (tertiary alicyclic amines) is 1. The van der Waals surface area contributed by atoms with Gasteiger partial charge in [-0.3, -0.25) is 4.90 Å². The Balaban J connectivity index is 2.30. The number of benzene rings is 1. The summed E-state index contributed by atoms with van der Waals surface area (Å²) in [6.07, 6.45) is 2.56. The lowest BCUT2D eigenvalue weighted by Crippen LogP contribution is -2.31. The van der Waals surface area contributed by atoms with E-state index in [1.165, 1.54) is 24.0 Å². The highest BCUT2D eigenvalue weighted by atomic mass is 16.5. The summed E-state index contributed by atoms with van der Waals surface area (Å²) >= 11 is 0. The van der Waals surface area contributed by atoms with Gasteiger partial charge >= 0.3 is 0 Å². The molecule has 1 aromatic carbocycles. The molecule has 0 spiro atoms. The van der Waals surface area contributed by atoms with Gasteiger partial charge in [0, 0.05) is 12.1 Å². The molecule has 2 rings (SSSR count). The average Bonchev–Trinajstić information content (AvgIpc) is 2.93. The second-order valence-corrected chi connectivity index (χ2v) is 5.65. The highest BCUT2D eigenvalue weighted by Gasteiger charge is 2.24. The molecule has 1 aromatic rings. The maximum atomic E-state index is 6.01. The Morgan fingerprint density at radius 2 is 1.95 bits per heavy atom. The van der Waals surface area contributed by atoms with E-state index < -0.39 is 0 Å². The van der Waals surface area contributed by atoms with E-state index in [2.05, 4.69) is 36.9 Å². The van der Waals surface area contributed by atoms with Crippen LogP contribution in [-0.2, 0) is 0 Å². The Morgan fingerprint density at radius 1 is 1.26 bits per heavy atom. The quantitative estimate of drug-likeness (QED) is 0.886. The Labute approximate surface area is 116 Å². The van der Waals surface area contributed by atoms with Gasteiger partial charge in [0.25, 0.3) is 0 Å². The van der Waals surface area contributed by atoms with Crippen LogP contribution in [0, 0.1) is 0 Å². The minimum absolute atomic E-state index is 0.290. The summed E-state index contributed by atoms with van der Waals surface area (Å²) in [7, 11) is 1.75. The van der Waals surface area contributed by atoms with Gasteiger partial charge in [-0.25, -0.2) is 0 Å². The number of nitrogens with two attached hydrogens (primary N) is 1. The average molecular weight is 262 g/mol. The molecule has 0 amide bonds. The molecular formula is C16H26N2O. The van der Waals surface area contributed by atoms with E-state index in [1.807, 2.05) is 0 Å². The second-order valence-electron chi connectivity index (χ2n) is 5.65. The number of methoxy groups -OCH3 is 1. The SMILES string of the molecule is COc1cc(C(C)C)ccc1C(CN)N1CCCC1. The van der Waals surface area contributed by atoms with Gasteiger partial charge in [0.05, 0.1) is 13.2 Å². The van der Waals surface area contributed by atoms with Gasteiger partial charge in [-0.1, -0.05) is 26.0 Å². The smallest absolute Gasteiger partial charge is 0.123 e. The molecule has 1 heterocycles. The summed E-state index contributed by atoms with van der Waals surface area (Å²) < 4.78 is 5.60. The minimum Gasteiger partial charge on any atom is -0.496 e. The summed E-state index contributed by atoms with van der Waals surface area (Å²) in [6, 6.07) is 6.86. The van der Waals surface area contributed by atoms with E-state index in [9.17, 15) is 0 Å². The van der Waals surface area contributed by atoms with Crippen molar-refractivity contribution in [3.05, 3.63) is 29.3 Å². The first-order valence-electron chi connectivity index (χ1n) is 7.29. The number of hydrogen-bond acceptors (Lipinski definition) is 3. The van der Waals surface area contributed by atoms with E-state index in [-0.39, 0.29) is 0 Å². The zero-order valence-corrected chi connectivity index (χ0v) is 12.4. The van der Waals surface area contributed by atoms with Crippen molar-refractivity contribution in [2.45, 2.75) is 38.6 Å². The standard InChI is InChI=1S/C16H26N2O/c1-12(2)13-6-7-14(16(10-13)19-3)15(11-17)18-8-4-5-9-18/h6-7,10,12,15H,4-5,8-9,11,17H2,1-3H3. The fourth-order valence-corrected chi connectivity index (χ4v) is 2.89. The van der Waals surface area contributed by atoms with Crippen LogP contribution in [0.2, 0.25) is 0 Å². The van der Waals surface area contributed by atoms with E-state index >= 15 is 0 Å². The van der Waals surface area contributed by atoms with Crippen molar-refractivity contribution >= 4 is 0 Å².